The maximum atomic E-state index is 11.9. The van der Waals surface area contributed by atoms with E-state index in [0.717, 1.165) is 30.5 Å². The first-order valence-electron chi connectivity index (χ1n) is 10.8. The van der Waals surface area contributed by atoms with Crippen LogP contribution in [-0.2, 0) is 19.0 Å². The van der Waals surface area contributed by atoms with Gasteiger partial charge in [-0.05, 0) is 61.5 Å². The fraction of sp³-hybridized carbons (Fsp3) is 0.320. The molecule has 1 heterocycles. The summed E-state index contributed by atoms with van der Waals surface area (Å²) in [5.41, 5.74) is 1.85. The van der Waals surface area contributed by atoms with E-state index in [1.807, 2.05) is 24.3 Å². The average molecular weight is 498 g/mol. The maximum Gasteiger partial charge on any atom is 0.356 e. The van der Waals surface area contributed by atoms with Gasteiger partial charge >= 0.3 is 17.9 Å². The third-order valence-electron chi connectivity index (χ3n) is 4.68. The van der Waals surface area contributed by atoms with Crippen LogP contribution in [0.25, 0.3) is 0 Å². The summed E-state index contributed by atoms with van der Waals surface area (Å²) in [5.74, 6) is 4.35. The lowest BCUT2D eigenvalue weighted by Crippen LogP contribution is -2.29. The van der Waals surface area contributed by atoms with Crippen molar-refractivity contribution in [2.24, 2.45) is 0 Å². The van der Waals surface area contributed by atoms with E-state index >= 15 is 0 Å². The SMILES string of the molecule is COC(=O)CCCCCNC(=S)Nc1ccc(C#Cc2cc(C(=O)OC)nc(C(=O)OC)c2)cc1. The highest BCUT2D eigenvalue weighted by Crippen LogP contribution is 2.11. The van der Waals surface area contributed by atoms with E-state index in [0.29, 0.717) is 23.6 Å². The summed E-state index contributed by atoms with van der Waals surface area (Å²) < 4.78 is 14.0. The number of methoxy groups -OCH3 is 3. The predicted octanol–water partition coefficient (Wildman–Crippen LogP) is 3.07. The molecule has 2 rings (SSSR count). The Balaban J connectivity index is 1.93. The van der Waals surface area contributed by atoms with Gasteiger partial charge in [-0.3, -0.25) is 4.79 Å². The maximum absolute atomic E-state index is 11.9. The number of rotatable bonds is 9. The monoisotopic (exact) mass is 497 g/mol. The van der Waals surface area contributed by atoms with Crippen molar-refractivity contribution in [3.05, 3.63) is 58.9 Å². The van der Waals surface area contributed by atoms with E-state index in [2.05, 4.69) is 41.7 Å². The zero-order valence-corrected chi connectivity index (χ0v) is 20.6. The second-order valence-corrected chi connectivity index (χ2v) is 7.61. The number of ether oxygens (including phenoxy) is 3. The number of carbonyl (C=O) groups is 3. The van der Waals surface area contributed by atoms with E-state index in [-0.39, 0.29) is 17.4 Å². The van der Waals surface area contributed by atoms with Crippen molar-refractivity contribution in [2.45, 2.75) is 25.7 Å². The lowest BCUT2D eigenvalue weighted by molar-refractivity contribution is -0.140. The van der Waals surface area contributed by atoms with E-state index in [9.17, 15) is 14.4 Å². The number of aromatic nitrogens is 1. The summed E-state index contributed by atoms with van der Waals surface area (Å²) in [6.45, 7) is 0.698. The molecule has 2 N–H and O–H groups in total. The predicted molar refractivity (Wildman–Crippen MR) is 134 cm³/mol. The summed E-state index contributed by atoms with van der Waals surface area (Å²) in [6.07, 6.45) is 2.99. The molecule has 0 aliphatic heterocycles. The van der Waals surface area contributed by atoms with Gasteiger partial charge in [-0.15, -0.1) is 0 Å². The summed E-state index contributed by atoms with van der Waals surface area (Å²) >= 11 is 5.30. The number of hydrogen-bond acceptors (Lipinski definition) is 8. The highest BCUT2D eigenvalue weighted by Gasteiger charge is 2.15. The molecule has 1 aromatic heterocycles. The minimum atomic E-state index is -0.681. The number of thiocarbonyl (C=S) groups is 1. The number of pyridine rings is 1. The molecule has 184 valence electrons. The quantitative estimate of drug-likeness (QED) is 0.176. The van der Waals surface area contributed by atoms with E-state index < -0.39 is 11.9 Å². The molecule has 0 aliphatic carbocycles. The Morgan fingerprint density at radius 2 is 1.46 bits per heavy atom. The van der Waals surface area contributed by atoms with Gasteiger partial charge < -0.3 is 24.8 Å². The zero-order chi connectivity index (χ0) is 25.6. The highest BCUT2D eigenvalue weighted by atomic mass is 32.1. The lowest BCUT2D eigenvalue weighted by Gasteiger charge is -2.10. The molecule has 0 bridgehead atoms. The van der Waals surface area contributed by atoms with Crippen molar-refractivity contribution in [3.8, 4) is 11.8 Å². The third kappa shape index (κ3) is 9.43. The molecule has 10 heteroatoms. The van der Waals surface area contributed by atoms with E-state index in [1.165, 1.54) is 33.5 Å². The van der Waals surface area contributed by atoms with Crippen LogP contribution in [0.2, 0.25) is 0 Å². The molecule has 0 aliphatic rings. The van der Waals surface area contributed by atoms with Gasteiger partial charge in [-0.1, -0.05) is 18.3 Å². The smallest absolute Gasteiger partial charge is 0.356 e. The van der Waals surface area contributed by atoms with Gasteiger partial charge in [0.25, 0.3) is 0 Å². The molecule has 35 heavy (non-hydrogen) atoms. The summed E-state index contributed by atoms with van der Waals surface area (Å²) in [5, 5.41) is 6.73. The first-order valence-corrected chi connectivity index (χ1v) is 11.2. The molecule has 0 unspecified atom stereocenters. The minimum absolute atomic E-state index is 0.0382. The first kappa shape index (κ1) is 27.3. The molecule has 0 saturated heterocycles. The Kier molecular flexibility index (Phi) is 11.2. The van der Waals surface area contributed by atoms with Gasteiger partial charge in [-0.2, -0.15) is 0 Å². The average Bonchev–Trinajstić information content (AvgIpc) is 2.88. The van der Waals surface area contributed by atoms with Crippen LogP contribution in [0.15, 0.2) is 36.4 Å². The van der Waals surface area contributed by atoms with Gasteiger partial charge in [-0.25, -0.2) is 14.6 Å². The largest absolute Gasteiger partial charge is 0.469 e. The Hall–Kier alpha value is -3.97. The van der Waals surface area contributed by atoms with Crippen molar-refractivity contribution in [2.75, 3.05) is 33.2 Å². The number of hydrogen-bond donors (Lipinski definition) is 2. The van der Waals surface area contributed by atoms with Crippen LogP contribution < -0.4 is 10.6 Å². The minimum Gasteiger partial charge on any atom is -0.469 e. The number of benzene rings is 1. The van der Waals surface area contributed by atoms with E-state index in [1.54, 1.807) is 0 Å². The third-order valence-corrected chi connectivity index (χ3v) is 4.93. The van der Waals surface area contributed by atoms with Crippen molar-refractivity contribution < 1.29 is 28.6 Å². The molecule has 0 radical (unpaired) electrons. The summed E-state index contributed by atoms with van der Waals surface area (Å²) in [4.78, 5) is 38.7. The number of nitrogens with zero attached hydrogens (tertiary/aromatic N) is 1. The van der Waals surface area contributed by atoms with Crippen LogP contribution in [0.5, 0.6) is 0 Å². The molecule has 0 saturated carbocycles. The van der Waals surface area contributed by atoms with Gasteiger partial charge in [0.1, 0.15) is 0 Å². The number of carbonyl (C=O) groups excluding carboxylic acids is 3. The second kappa shape index (κ2) is 14.3. The molecule has 0 atom stereocenters. The molecule has 0 spiro atoms. The fourth-order valence-corrected chi connectivity index (χ4v) is 3.07. The molecule has 2 aromatic rings. The first-order chi connectivity index (χ1) is 16.9. The van der Waals surface area contributed by atoms with Crippen LogP contribution in [0, 0.1) is 11.8 Å². The molecule has 0 fully saturated rings. The Labute approximate surface area is 209 Å². The molecular weight excluding hydrogens is 470 g/mol. The molecule has 1 aromatic carbocycles. The highest BCUT2D eigenvalue weighted by molar-refractivity contribution is 7.80. The van der Waals surface area contributed by atoms with Gasteiger partial charge in [0.15, 0.2) is 16.5 Å². The number of esters is 3. The zero-order valence-electron chi connectivity index (χ0n) is 19.8. The van der Waals surface area contributed by atoms with Crippen molar-refractivity contribution >= 4 is 40.9 Å². The van der Waals surface area contributed by atoms with Crippen LogP contribution in [0.1, 0.15) is 57.8 Å². The van der Waals surface area contributed by atoms with Crippen LogP contribution in [0.4, 0.5) is 5.69 Å². The van der Waals surface area contributed by atoms with Crippen LogP contribution >= 0.6 is 12.2 Å². The number of unbranched alkanes of at least 4 members (excludes halogenated alkanes) is 2. The van der Waals surface area contributed by atoms with Crippen LogP contribution in [0.3, 0.4) is 0 Å². The topological polar surface area (TPSA) is 116 Å². The molecule has 0 amide bonds. The second-order valence-electron chi connectivity index (χ2n) is 7.20. The van der Waals surface area contributed by atoms with Crippen LogP contribution in [-0.4, -0.2) is 55.9 Å². The van der Waals surface area contributed by atoms with E-state index in [4.69, 9.17) is 12.2 Å². The summed E-state index contributed by atoms with van der Waals surface area (Å²) in [7, 11) is 3.84. The number of nitrogens with one attached hydrogen (secondary N) is 2. The molecule has 9 nitrogen and oxygen atoms in total. The fourth-order valence-electron chi connectivity index (χ4n) is 2.85. The Bertz CT molecular complexity index is 1090. The Morgan fingerprint density at radius 1 is 0.857 bits per heavy atom. The van der Waals surface area contributed by atoms with Crippen molar-refractivity contribution in [1.82, 2.24) is 10.3 Å². The van der Waals surface area contributed by atoms with Crippen molar-refractivity contribution in [3.63, 3.8) is 0 Å². The molecular formula is C25H27N3O6S. The standard InChI is InChI=1S/C25H27N3O6S/c1-32-22(29)7-5-4-6-14-26-25(35)27-19-12-10-17(11-13-19)8-9-18-15-20(23(30)33-2)28-21(16-18)24(31)34-3/h10-13,15-16H,4-7,14H2,1-3H3,(H2,26,27,35). The van der Waals surface area contributed by atoms with Gasteiger partial charge in [0, 0.05) is 29.8 Å². The lowest BCUT2D eigenvalue weighted by atomic mass is 10.1. The Morgan fingerprint density at radius 3 is 2.03 bits per heavy atom. The van der Waals surface area contributed by atoms with Gasteiger partial charge in [0.2, 0.25) is 0 Å². The van der Waals surface area contributed by atoms with Gasteiger partial charge in [0.05, 0.1) is 21.3 Å². The van der Waals surface area contributed by atoms with Crippen molar-refractivity contribution in [1.29, 1.82) is 0 Å². The normalized spacial score (nSPS) is 9.80. The summed E-state index contributed by atoms with van der Waals surface area (Å²) in [6, 6.07) is 10.2. The number of anilines is 1.